The Kier molecular flexibility index (Phi) is 6.46. The summed E-state index contributed by atoms with van der Waals surface area (Å²) < 4.78 is 2.83. The summed E-state index contributed by atoms with van der Waals surface area (Å²) in [5.74, 6) is 0. The van der Waals surface area contributed by atoms with Gasteiger partial charge in [-0.15, -0.1) is 22.7 Å². The molecule has 0 aliphatic heterocycles. The van der Waals surface area contributed by atoms with Crippen LogP contribution in [0.5, 0.6) is 0 Å². The van der Waals surface area contributed by atoms with E-state index in [2.05, 4.69) is 111 Å². The maximum atomic E-state index is 2.48. The minimum Gasteiger partial charge on any atom is -0.140 e. The molecule has 0 fully saturated rings. The number of hydrogen-bond acceptors (Lipinski definition) is 2. The zero-order chi connectivity index (χ0) is 26.3. The van der Waals surface area contributed by atoms with Crippen LogP contribution in [0, 0.1) is 6.92 Å². The second-order valence-corrected chi connectivity index (χ2v) is 13.1. The molecule has 2 heterocycles. The van der Waals surface area contributed by atoms with Gasteiger partial charge in [-0.2, -0.15) is 0 Å². The van der Waals surface area contributed by atoms with Gasteiger partial charge >= 0.3 is 0 Å². The summed E-state index contributed by atoms with van der Waals surface area (Å²) in [5.41, 5.74) is 5.74. The van der Waals surface area contributed by atoms with Crippen molar-refractivity contribution in [2.24, 2.45) is 0 Å². The highest BCUT2D eigenvalue weighted by molar-refractivity contribution is 7.19. The van der Waals surface area contributed by atoms with Crippen LogP contribution < -0.4 is 0 Å². The topological polar surface area (TPSA) is 0 Å². The van der Waals surface area contributed by atoms with Gasteiger partial charge in [0.2, 0.25) is 0 Å². The molecule has 192 valence electrons. The third kappa shape index (κ3) is 4.67. The molecule has 7 aromatic rings. The molecule has 5 aromatic carbocycles. The van der Waals surface area contributed by atoms with Crippen LogP contribution in [0.4, 0.5) is 0 Å². The van der Waals surface area contributed by atoms with Gasteiger partial charge in [-0.05, 0) is 130 Å². The van der Waals surface area contributed by atoms with Gasteiger partial charge in [-0.3, -0.25) is 0 Å². The van der Waals surface area contributed by atoms with E-state index >= 15 is 0 Å². The van der Waals surface area contributed by atoms with Crippen molar-refractivity contribution < 1.29 is 0 Å². The summed E-state index contributed by atoms with van der Waals surface area (Å²) in [6.45, 7) is 4.64. The van der Waals surface area contributed by atoms with Crippen LogP contribution in [0.3, 0.4) is 0 Å². The first kappa shape index (κ1) is 24.6. The highest BCUT2D eigenvalue weighted by atomic mass is 32.1. The smallest absolute Gasteiger partial charge is 0.0352 e. The highest BCUT2D eigenvalue weighted by Gasteiger charge is 2.15. The minimum atomic E-state index is 1.04. The molecule has 0 aliphatic carbocycles. The predicted molar refractivity (Wildman–Crippen MR) is 174 cm³/mol. The molecule has 0 saturated heterocycles. The summed E-state index contributed by atoms with van der Waals surface area (Å²) >= 11 is 3.94. The van der Waals surface area contributed by atoms with Gasteiger partial charge in [-0.25, -0.2) is 0 Å². The second kappa shape index (κ2) is 10.3. The van der Waals surface area contributed by atoms with E-state index in [1.807, 2.05) is 22.7 Å². The summed E-state index contributed by atoms with van der Waals surface area (Å²) in [6, 6.07) is 36.5. The first-order valence-electron chi connectivity index (χ1n) is 14.1. The van der Waals surface area contributed by atoms with E-state index in [1.54, 1.807) is 0 Å². The number of rotatable bonds is 7. The van der Waals surface area contributed by atoms with E-state index in [9.17, 15) is 0 Å². The molecule has 0 radical (unpaired) electrons. The van der Waals surface area contributed by atoms with Crippen molar-refractivity contribution in [3.63, 3.8) is 0 Å². The molecular formula is C37H32S2. The van der Waals surface area contributed by atoms with Crippen LogP contribution in [-0.2, 0) is 32.1 Å². The Morgan fingerprint density at radius 1 is 0.513 bits per heavy atom. The fourth-order valence-electron chi connectivity index (χ4n) is 6.15. The van der Waals surface area contributed by atoms with E-state index < -0.39 is 0 Å². The third-order valence-electron chi connectivity index (χ3n) is 8.23. The number of hydrogen-bond donors (Lipinski definition) is 0. The Morgan fingerprint density at radius 3 is 1.51 bits per heavy atom. The Bertz CT molecular complexity index is 1800. The maximum Gasteiger partial charge on any atom is 0.0352 e. The van der Waals surface area contributed by atoms with E-state index in [0.717, 1.165) is 32.1 Å². The molecule has 0 saturated carbocycles. The van der Waals surface area contributed by atoms with Crippen LogP contribution in [-0.4, -0.2) is 0 Å². The lowest BCUT2D eigenvalue weighted by molar-refractivity contribution is 0.982. The van der Waals surface area contributed by atoms with Crippen molar-refractivity contribution in [3.8, 4) is 0 Å². The number of fused-ring (bicyclic) bond motifs is 4. The molecule has 2 aromatic heterocycles. The Hall–Kier alpha value is -3.46. The first-order valence-corrected chi connectivity index (χ1v) is 15.7. The van der Waals surface area contributed by atoms with Crippen LogP contribution in [0.1, 0.15) is 38.9 Å². The molecule has 0 unspecified atom stereocenters. The lowest BCUT2D eigenvalue weighted by Crippen LogP contribution is -1.91. The Balaban J connectivity index is 1.29. The van der Waals surface area contributed by atoms with E-state index in [0.29, 0.717) is 0 Å². The quantitative estimate of drug-likeness (QED) is 0.176. The van der Waals surface area contributed by atoms with Crippen LogP contribution in [0.15, 0.2) is 97.1 Å². The fraction of sp³-hybridized carbons (Fsp3) is 0.189. The minimum absolute atomic E-state index is 1.04. The Morgan fingerprint density at radius 2 is 0.974 bits per heavy atom. The molecule has 0 N–H and O–H groups in total. The lowest BCUT2D eigenvalue weighted by atomic mass is 9.90. The predicted octanol–water partition coefficient (Wildman–Crippen LogP) is 10.9. The number of thiophene rings is 2. The molecule has 0 aliphatic rings. The van der Waals surface area contributed by atoms with E-state index in [4.69, 9.17) is 0 Å². The molecule has 0 amide bonds. The van der Waals surface area contributed by atoms with Gasteiger partial charge in [0.15, 0.2) is 0 Å². The van der Waals surface area contributed by atoms with Gasteiger partial charge in [0.05, 0.1) is 0 Å². The number of aryl methyl sites for hydroxylation is 6. The first-order chi connectivity index (χ1) is 19.2. The van der Waals surface area contributed by atoms with Crippen molar-refractivity contribution in [3.05, 3.63) is 129 Å². The van der Waals surface area contributed by atoms with Gasteiger partial charge < -0.3 is 0 Å². The Labute approximate surface area is 238 Å². The molecule has 7 rings (SSSR count). The van der Waals surface area contributed by atoms with Crippen LogP contribution >= 0.6 is 22.7 Å². The monoisotopic (exact) mass is 540 g/mol. The lowest BCUT2D eigenvalue weighted by Gasteiger charge is -2.14. The summed E-state index contributed by atoms with van der Waals surface area (Å²) in [7, 11) is 0. The average Bonchev–Trinajstić information content (AvgIpc) is 3.57. The van der Waals surface area contributed by atoms with Gasteiger partial charge in [0, 0.05) is 19.2 Å². The second-order valence-electron chi connectivity index (χ2n) is 10.7. The highest BCUT2D eigenvalue weighted by Crippen LogP contribution is 2.40. The standard InChI is InChI=1S/C37H32S2/c1-3-31-34-21-28-19-30(17-15-26-12-8-5-9-13-26)38-36(28)22-33(34)24(2)32-20-27-18-29(39-37(27)23-35(31)32)16-14-25-10-6-4-7-11-25/h4-13,18-23H,3,14-17H2,1-2H3. The molecule has 0 atom stereocenters. The number of benzene rings is 5. The average molecular weight is 541 g/mol. The SMILES string of the molecule is CCc1c2cc3cc(CCc4ccccc4)sc3cc2c(C)c2cc3cc(CCc4ccccc4)sc3cc12. The zero-order valence-corrected chi connectivity index (χ0v) is 24.2. The van der Waals surface area contributed by atoms with E-state index in [1.165, 1.54) is 73.7 Å². The van der Waals surface area contributed by atoms with Gasteiger partial charge in [0.25, 0.3) is 0 Å². The maximum absolute atomic E-state index is 2.48. The van der Waals surface area contributed by atoms with Crippen molar-refractivity contribution in [2.45, 2.75) is 46.0 Å². The van der Waals surface area contributed by atoms with Crippen molar-refractivity contribution in [1.29, 1.82) is 0 Å². The van der Waals surface area contributed by atoms with Crippen molar-refractivity contribution >= 4 is 64.4 Å². The van der Waals surface area contributed by atoms with Crippen molar-refractivity contribution in [1.82, 2.24) is 0 Å². The largest absolute Gasteiger partial charge is 0.140 e. The molecule has 0 spiro atoms. The third-order valence-corrected chi connectivity index (χ3v) is 10.5. The van der Waals surface area contributed by atoms with Gasteiger partial charge in [-0.1, -0.05) is 67.6 Å². The summed E-state index contributed by atoms with van der Waals surface area (Å²) in [4.78, 5) is 2.96. The van der Waals surface area contributed by atoms with Crippen LogP contribution in [0.25, 0.3) is 41.7 Å². The van der Waals surface area contributed by atoms with E-state index in [-0.39, 0.29) is 0 Å². The van der Waals surface area contributed by atoms with Crippen LogP contribution in [0.2, 0.25) is 0 Å². The fourth-order valence-corrected chi connectivity index (χ4v) is 8.32. The van der Waals surface area contributed by atoms with Gasteiger partial charge in [0.1, 0.15) is 0 Å². The zero-order valence-electron chi connectivity index (χ0n) is 22.6. The molecular weight excluding hydrogens is 509 g/mol. The van der Waals surface area contributed by atoms with Crippen molar-refractivity contribution in [2.75, 3.05) is 0 Å². The summed E-state index contributed by atoms with van der Waals surface area (Å²) in [6.07, 6.45) is 5.44. The normalized spacial score (nSPS) is 11.8. The molecule has 39 heavy (non-hydrogen) atoms. The molecule has 0 nitrogen and oxygen atoms in total. The molecule has 0 bridgehead atoms. The molecule has 2 heteroatoms. The summed E-state index contributed by atoms with van der Waals surface area (Å²) in [5, 5.41) is 8.49.